The van der Waals surface area contributed by atoms with Gasteiger partial charge in [0.2, 0.25) is 0 Å². The molecule has 0 fully saturated rings. The summed E-state index contributed by atoms with van der Waals surface area (Å²) >= 11 is 0. The number of nitro groups is 2. The second kappa shape index (κ2) is 10.8. The van der Waals surface area contributed by atoms with Crippen molar-refractivity contribution in [1.29, 1.82) is 0 Å². The molecule has 2 rings (SSSR count). The van der Waals surface area contributed by atoms with E-state index >= 15 is 0 Å². The van der Waals surface area contributed by atoms with E-state index in [9.17, 15) is 29.2 Å². The van der Waals surface area contributed by atoms with Crippen LogP contribution in [0.15, 0.2) is 47.9 Å². The van der Waals surface area contributed by atoms with Crippen molar-refractivity contribution < 1.29 is 28.3 Å². The Balaban J connectivity index is 2.04. The van der Waals surface area contributed by atoms with Crippen LogP contribution in [0.5, 0.6) is 11.5 Å². The van der Waals surface area contributed by atoms with Crippen LogP contribution in [-0.2, 0) is 15.6 Å². The maximum absolute atomic E-state index is 12.1. The summed E-state index contributed by atoms with van der Waals surface area (Å²) in [5.74, 6) is -0.577. The smallest absolute Gasteiger partial charge is 0.311 e. The number of hydrogen-bond donors (Lipinski definition) is 0. The summed E-state index contributed by atoms with van der Waals surface area (Å²) in [5.41, 5.74) is 0.363. The summed E-state index contributed by atoms with van der Waals surface area (Å²) in [6.45, 7) is 0. The molecule has 0 aliphatic rings. The third-order valence-corrected chi connectivity index (χ3v) is 4.97. The van der Waals surface area contributed by atoms with E-state index in [1.54, 1.807) is 12.1 Å². The molecule has 1 unspecified atom stereocenters. The predicted octanol–water partition coefficient (Wildman–Crippen LogP) is 3.52. The summed E-state index contributed by atoms with van der Waals surface area (Å²) in [6, 6.07) is 8.46. The molecule has 0 heterocycles. The van der Waals surface area contributed by atoms with Gasteiger partial charge in [-0.2, -0.15) is 0 Å². The van der Waals surface area contributed by atoms with Gasteiger partial charge in [0.15, 0.2) is 17.3 Å². The lowest BCUT2D eigenvalue weighted by Crippen LogP contribution is -2.05. The Labute approximate surface area is 179 Å². The fourth-order valence-electron chi connectivity index (χ4n) is 2.49. The summed E-state index contributed by atoms with van der Waals surface area (Å²) < 4.78 is 21.9. The molecule has 2 aromatic rings. The lowest BCUT2D eigenvalue weighted by Gasteiger charge is -2.02. The van der Waals surface area contributed by atoms with Gasteiger partial charge in [0.1, 0.15) is 0 Å². The molecule has 0 aliphatic heterocycles. The van der Waals surface area contributed by atoms with E-state index in [4.69, 9.17) is 9.47 Å². The summed E-state index contributed by atoms with van der Waals surface area (Å²) in [4.78, 5) is 32.9. The van der Waals surface area contributed by atoms with Crippen molar-refractivity contribution in [2.45, 2.75) is 0 Å². The molecule has 10 nitrogen and oxygen atoms in total. The minimum Gasteiger partial charge on any atom is -0.490 e. The maximum atomic E-state index is 12.1. The van der Waals surface area contributed by atoms with Crippen LogP contribution in [0.2, 0.25) is 0 Å². The largest absolute Gasteiger partial charge is 0.490 e. The fourth-order valence-corrected chi connectivity index (χ4v) is 3.27. The van der Waals surface area contributed by atoms with Gasteiger partial charge >= 0.3 is 11.4 Å². The second-order valence-electron chi connectivity index (χ2n) is 6.00. The number of allylic oxidation sites excluding steroid dienone is 1. The van der Waals surface area contributed by atoms with E-state index in [0.29, 0.717) is 11.1 Å². The second-order valence-corrected chi connectivity index (χ2v) is 7.33. The Morgan fingerprint density at radius 2 is 1.42 bits per heavy atom. The van der Waals surface area contributed by atoms with E-state index in [0.717, 1.165) is 0 Å². The molecule has 2 aromatic carbocycles. The molecule has 0 radical (unpaired) electrons. The van der Waals surface area contributed by atoms with E-state index in [-0.39, 0.29) is 28.6 Å². The van der Waals surface area contributed by atoms with Crippen molar-refractivity contribution in [2.75, 3.05) is 20.0 Å². The van der Waals surface area contributed by atoms with Crippen LogP contribution in [0.25, 0.3) is 12.2 Å². The van der Waals surface area contributed by atoms with Crippen LogP contribution in [-0.4, -0.2) is 39.8 Å². The number of carbonyl (C=O) groups is 1. The number of nitrogens with zero attached hydrogens (tertiary/aromatic N) is 2. The average molecular weight is 446 g/mol. The molecule has 162 valence electrons. The number of methoxy groups -OCH3 is 2. The summed E-state index contributed by atoms with van der Waals surface area (Å²) in [5, 5.41) is 23.3. The van der Waals surface area contributed by atoms with Crippen molar-refractivity contribution in [2.24, 2.45) is 0 Å². The number of ether oxygens (including phenoxy) is 2. The first kappa shape index (κ1) is 23.4. The maximum Gasteiger partial charge on any atom is 0.311 e. The summed E-state index contributed by atoms with van der Waals surface area (Å²) in [7, 11) is 0.969. The minimum absolute atomic E-state index is 0.0958. The van der Waals surface area contributed by atoms with E-state index < -0.39 is 26.4 Å². The topological polar surface area (TPSA) is 139 Å². The number of carbonyl (C=O) groups excluding carboxylic acids is 1. The van der Waals surface area contributed by atoms with Crippen LogP contribution >= 0.6 is 0 Å². The van der Waals surface area contributed by atoms with Crippen LogP contribution in [0.1, 0.15) is 11.1 Å². The first-order valence-corrected chi connectivity index (χ1v) is 10.0. The zero-order valence-corrected chi connectivity index (χ0v) is 17.4. The number of nitro benzene ring substituents is 2. The molecule has 0 amide bonds. The van der Waals surface area contributed by atoms with Crippen molar-refractivity contribution >= 4 is 40.1 Å². The van der Waals surface area contributed by atoms with Crippen LogP contribution in [0.3, 0.4) is 0 Å². The number of rotatable bonds is 10. The lowest BCUT2D eigenvalue weighted by atomic mass is 10.1. The van der Waals surface area contributed by atoms with Gasteiger partial charge in [-0.3, -0.25) is 29.2 Å². The molecule has 0 aliphatic carbocycles. The van der Waals surface area contributed by atoms with Crippen LogP contribution < -0.4 is 9.47 Å². The lowest BCUT2D eigenvalue weighted by molar-refractivity contribution is -0.385. The highest BCUT2D eigenvalue weighted by Crippen LogP contribution is 2.29. The van der Waals surface area contributed by atoms with Crippen LogP contribution in [0, 0.1) is 20.2 Å². The van der Waals surface area contributed by atoms with Crippen molar-refractivity contribution in [3.63, 3.8) is 0 Å². The van der Waals surface area contributed by atoms with Gasteiger partial charge < -0.3 is 9.47 Å². The average Bonchev–Trinajstić information content (AvgIpc) is 2.75. The van der Waals surface area contributed by atoms with E-state index in [1.807, 2.05) is 0 Å². The zero-order valence-electron chi connectivity index (χ0n) is 16.5. The molecular formula is C20H18N2O8S. The molecular weight excluding hydrogens is 428 g/mol. The van der Waals surface area contributed by atoms with Gasteiger partial charge in [-0.25, -0.2) is 0 Å². The highest BCUT2D eigenvalue weighted by molar-refractivity contribution is 7.88. The number of benzene rings is 2. The molecule has 0 N–H and O–H groups in total. The molecule has 11 heteroatoms. The highest BCUT2D eigenvalue weighted by atomic mass is 32.2. The third-order valence-electron chi connectivity index (χ3n) is 3.96. The van der Waals surface area contributed by atoms with Gasteiger partial charge in [0.05, 0.1) is 40.6 Å². The Morgan fingerprint density at radius 3 is 1.87 bits per heavy atom. The highest BCUT2D eigenvalue weighted by Gasteiger charge is 2.15. The molecule has 1 atom stereocenters. The normalized spacial score (nSPS) is 12.1. The molecule has 31 heavy (non-hydrogen) atoms. The third kappa shape index (κ3) is 6.57. The minimum atomic E-state index is -1.66. The van der Waals surface area contributed by atoms with Gasteiger partial charge in [-0.1, -0.05) is 18.2 Å². The Kier molecular flexibility index (Phi) is 8.15. The van der Waals surface area contributed by atoms with Gasteiger partial charge in [-0.05, 0) is 35.4 Å². The Morgan fingerprint density at radius 1 is 0.935 bits per heavy atom. The van der Waals surface area contributed by atoms with Gasteiger partial charge in [0, 0.05) is 17.5 Å². The SMILES string of the molecule is COc1ccc(/C=C/C(=O)CS(=O)/C=C/c2ccc(OC)c([N+](=O)[O-])c2)cc1[N+](=O)[O-]. The zero-order chi connectivity index (χ0) is 23.0. The molecule has 0 spiro atoms. The standard InChI is InChI=1S/C20H18N2O8S/c1-29-19-7-4-14(11-17(19)21(24)25)3-6-16(23)13-31(28)10-9-15-5-8-20(30-2)18(12-15)22(26)27/h3-12H,13H2,1-2H3/b6-3+,10-9+. The van der Waals surface area contributed by atoms with Crippen molar-refractivity contribution in [3.8, 4) is 11.5 Å². The molecule has 0 bridgehead atoms. The first-order valence-electron chi connectivity index (χ1n) is 8.66. The summed E-state index contributed by atoms with van der Waals surface area (Å²) in [6.07, 6.45) is 3.96. The number of hydrogen-bond acceptors (Lipinski definition) is 8. The Hall–Kier alpha value is -3.86. The quantitative estimate of drug-likeness (QED) is 0.307. The van der Waals surface area contributed by atoms with Gasteiger partial charge in [0.25, 0.3) is 0 Å². The van der Waals surface area contributed by atoms with Crippen molar-refractivity contribution in [1.82, 2.24) is 0 Å². The van der Waals surface area contributed by atoms with Crippen molar-refractivity contribution in [3.05, 3.63) is 79.2 Å². The molecule has 0 saturated heterocycles. The molecule has 0 aromatic heterocycles. The monoisotopic (exact) mass is 446 g/mol. The predicted molar refractivity (Wildman–Crippen MR) is 115 cm³/mol. The van der Waals surface area contributed by atoms with Crippen LogP contribution in [0.4, 0.5) is 11.4 Å². The number of ketones is 1. The van der Waals surface area contributed by atoms with Gasteiger partial charge in [-0.15, -0.1) is 0 Å². The fraction of sp³-hybridized carbons (Fsp3) is 0.150. The van der Waals surface area contributed by atoms with E-state index in [1.165, 1.54) is 62.1 Å². The molecule has 0 saturated carbocycles. The Bertz CT molecular complexity index is 1010. The first-order chi connectivity index (χ1) is 14.7. The van der Waals surface area contributed by atoms with E-state index in [2.05, 4.69) is 0 Å².